The molecule has 0 bridgehead atoms. The fourth-order valence-corrected chi connectivity index (χ4v) is 3.17. The van der Waals surface area contributed by atoms with Gasteiger partial charge >= 0.3 is 0 Å². The van der Waals surface area contributed by atoms with Gasteiger partial charge in [-0.1, -0.05) is 22.0 Å². The lowest BCUT2D eigenvalue weighted by molar-refractivity contribution is 0.875. The molecule has 2 nitrogen and oxygen atoms in total. The Morgan fingerprint density at radius 3 is 2.58 bits per heavy atom. The van der Waals surface area contributed by atoms with Gasteiger partial charge in [-0.2, -0.15) is 0 Å². The summed E-state index contributed by atoms with van der Waals surface area (Å²) in [6.07, 6.45) is 0. The smallest absolute Gasteiger partial charge is 0.0437 e. The highest BCUT2D eigenvalue weighted by molar-refractivity contribution is 9.10. The van der Waals surface area contributed by atoms with Crippen molar-refractivity contribution in [1.29, 1.82) is 0 Å². The summed E-state index contributed by atoms with van der Waals surface area (Å²) in [6.45, 7) is 4.16. The molecule has 0 atom stereocenters. The summed E-state index contributed by atoms with van der Waals surface area (Å²) in [5, 5.41) is 3.21. The predicted molar refractivity (Wildman–Crippen MR) is 84.8 cm³/mol. The third-order valence-corrected chi connectivity index (χ3v) is 4.21. The molecular weight excluding hydrogens is 300 g/mol. The van der Waals surface area contributed by atoms with E-state index in [-0.39, 0.29) is 0 Å². The lowest BCUT2D eigenvalue weighted by Gasteiger charge is -2.20. The van der Waals surface area contributed by atoms with Crippen molar-refractivity contribution in [3.63, 3.8) is 0 Å². The first-order valence-corrected chi connectivity index (χ1v) is 7.27. The van der Waals surface area contributed by atoms with Gasteiger partial charge in [0.05, 0.1) is 0 Å². The molecule has 0 aliphatic carbocycles. The van der Waals surface area contributed by atoms with Gasteiger partial charge in [-0.25, -0.2) is 0 Å². The van der Waals surface area contributed by atoms with Crippen LogP contribution in [0.25, 0.3) is 0 Å². The van der Waals surface area contributed by atoms with Crippen LogP contribution in [0.5, 0.6) is 0 Å². The molecule has 3 rings (SSSR count). The number of nitrogens with one attached hydrogen (secondary N) is 1. The molecule has 0 saturated carbocycles. The van der Waals surface area contributed by atoms with Crippen LogP contribution in [0.3, 0.4) is 0 Å². The molecule has 1 aliphatic heterocycles. The molecule has 1 heterocycles. The van der Waals surface area contributed by atoms with E-state index in [0.29, 0.717) is 0 Å². The predicted octanol–water partition coefficient (Wildman–Crippen LogP) is 4.32. The Bertz CT molecular complexity index is 622. The average molecular weight is 317 g/mol. The first-order valence-electron chi connectivity index (χ1n) is 6.48. The van der Waals surface area contributed by atoms with Gasteiger partial charge in [0, 0.05) is 36.0 Å². The van der Waals surface area contributed by atoms with E-state index in [1.807, 2.05) is 7.05 Å². The highest BCUT2D eigenvalue weighted by Crippen LogP contribution is 2.32. The first-order chi connectivity index (χ1) is 9.17. The Morgan fingerprint density at radius 1 is 1.05 bits per heavy atom. The zero-order valence-electron chi connectivity index (χ0n) is 11.2. The largest absolute Gasteiger partial charge is 0.388 e. The molecule has 2 aromatic rings. The van der Waals surface area contributed by atoms with Gasteiger partial charge in [0.1, 0.15) is 0 Å². The van der Waals surface area contributed by atoms with Gasteiger partial charge < -0.3 is 10.2 Å². The summed E-state index contributed by atoms with van der Waals surface area (Å²) in [4.78, 5) is 2.44. The molecular formula is C16H17BrN2. The highest BCUT2D eigenvalue weighted by Gasteiger charge is 2.20. The second-order valence-electron chi connectivity index (χ2n) is 5.02. The van der Waals surface area contributed by atoms with Crippen LogP contribution < -0.4 is 10.2 Å². The van der Waals surface area contributed by atoms with Crippen LogP contribution in [0, 0.1) is 6.92 Å². The second kappa shape index (κ2) is 4.89. The van der Waals surface area contributed by atoms with Gasteiger partial charge in [-0.3, -0.25) is 0 Å². The van der Waals surface area contributed by atoms with E-state index >= 15 is 0 Å². The number of anilines is 2. The van der Waals surface area contributed by atoms with Crippen molar-refractivity contribution in [1.82, 2.24) is 0 Å². The van der Waals surface area contributed by atoms with E-state index in [0.717, 1.165) is 17.6 Å². The number of hydrogen-bond acceptors (Lipinski definition) is 2. The molecule has 2 aromatic carbocycles. The average Bonchev–Trinajstić information content (AvgIpc) is 2.80. The lowest BCUT2D eigenvalue weighted by Crippen LogP contribution is -2.15. The van der Waals surface area contributed by atoms with Crippen LogP contribution >= 0.6 is 15.9 Å². The van der Waals surface area contributed by atoms with Crippen molar-refractivity contribution in [3.8, 4) is 0 Å². The Labute approximate surface area is 122 Å². The molecule has 19 heavy (non-hydrogen) atoms. The maximum Gasteiger partial charge on any atom is 0.0437 e. The van der Waals surface area contributed by atoms with Crippen molar-refractivity contribution in [2.24, 2.45) is 0 Å². The number of hydrogen-bond donors (Lipinski definition) is 1. The summed E-state index contributed by atoms with van der Waals surface area (Å²) in [7, 11) is 1.97. The highest BCUT2D eigenvalue weighted by atomic mass is 79.9. The Kier molecular flexibility index (Phi) is 3.23. The summed E-state index contributed by atoms with van der Waals surface area (Å²) >= 11 is 3.53. The van der Waals surface area contributed by atoms with Crippen LogP contribution in [-0.4, -0.2) is 7.05 Å². The topological polar surface area (TPSA) is 15.3 Å². The van der Waals surface area contributed by atoms with Crippen molar-refractivity contribution in [2.75, 3.05) is 17.3 Å². The van der Waals surface area contributed by atoms with Crippen LogP contribution in [0.4, 0.5) is 11.4 Å². The maximum atomic E-state index is 3.53. The van der Waals surface area contributed by atoms with Gasteiger partial charge in [0.15, 0.2) is 0 Å². The fourth-order valence-electron chi connectivity index (χ4n) is 2.69. The fraction of sp³-hybridized carbons (Fsp3) is 0.250. The third-order valence-electron chi connectivity index (χ3n) is 3.72. The maximum absolute atomic E-state index is 3.53. The van der Waals surface area contributed by atoms with E-state index in [2.05, 4.69) is 69.5 Å². The van der Waals surface area contributed by atoms with E-state index in [1.54, 1.807) is 0 Å². The van der Waals surface area contributed by atoms with Crippen LogP contribution in [0.2, 0.25) is 0 Å². The van der Waals surface area contributed by atoms with Crippen molar-refractivity contribution >= 4 is 27.3 Å². The van der Waals surface area contributed by atoms with Gasteiger partial charge in [0.2, 0.25) is 0 Å². The minimum atomic E-state index is 0.993. The van der Waals surface area contributed by atoms with Crippen molar-refractivity contribution in [2.45, 2.75) is 20.0 Å². The zero-order valence-corrected chi connectivity index (χ0v) is 12.8. The van der Waals surface area contributed by atoms with Gasteiger partial charge in [0.25, 0.3) is 0 Å². The number of benzene rings is 2. The standard InChI is InChI=1S/C16H17BrN2/c1-11-7-14(17)4-6-16(11)19-9-12-3-5-15(18-2)8-13(12)10-19/h3-8,18H,9-10H2,1-2H3. The molecule has 0 radical (unpaired) electrons. The zero-order chi connectivity index (χ0) is 13.4. The minimum absolute atomic E-state index is 0.993. The van der Waals surface area contributed by atoms with Crippen LogP contribution in [-0.2, 0) is 13.1 Å². The molecule has 98 valence electrons. The minimum Gasteiger partial charge on any atom is -0.388 e. The normalized spacial score (nSPS) is 13.5. The summed E-state index contributed by atoms with van der Waals surface area (Å²) < 4.78 is 1.14. The molecule has 0 unspecified atom stereocenters. The van der Waals surface area contributed by atoms with Crippen molar-refractivity contribution < 1.29 is 0 Å². The quantitative estimate of drug-likeness (QED) is 0.887. The third kappa shape index (κ3) is 2.35. The van der Waals surface area contributed by atoms with Gasteiger partial charge in [-0.15, -0.1) is 0 Å². The van der Waals surface area contributed by atoms with Crippen LogP contribution in [0.15, 0.2) is 40.9 Å². The van der Waals surface area contributed by atoms with E-state index in [1.165, 1.54) is 28.1 Å². The summed E-state index contributed by atoms with van der Waals surface area (Å²) in [5.41, 5.74) is 6.69. The number of halogens is 1. The Balaban J connectivity index is 1.90. The Hall–Kier alpha value is -1.48. The van der Waals surface area contributed by atoms with Crippen LogP contribution in [0.1, 0.15) is 16.7 Å². The summed E-state index contributed by atoms with van der Waals surface area (Å²) in [6, 6.07) is 13.1. The van der Waals surface area contributed by atoms with E-state index in [4.69, 9.17) is 0 Å². The molecule has 0 aromatic heterocycles. The van der Waals surface area contributed by atoms with Crippen molar-refractivity contribution in [3.05, 3.63) is 57.6 Å². The number of fused-ring (bicyclic) bond motifs is 1. The number of aryl methyl sites for hydroxylation is 1. The van der Waals surface area contributed by atoms with Gasteiger partial charge in [-0.05, 0) is 53.9 Å². The molecule has 0 amide bonds. The SMILES string of the molecule is CNc1ccc2c(c1)CN(c1ccc(Br)cc1C)C2. The Morgan fingerprint density at radius 2 is 1.84 bits per heavy atom. The first kappa shape index (κ1) is 12.5. The molecule has 1 aliphatic rings. The van der Waals surface area contributed by atoms with E-state index < -0.39 is 0 Å². The van der Waals surface area contributed by atoms with E-state index in [9.17, 15) is 0 Å². The molecule has 1 N–H and O–H groups in total. The molecule has 3 heteroatoms. The lowest BCUT2D eigenvalue weighted by atomic mass is 10.1. The monoisotopic (exact) mass is 316 g/mol. The molecule has 0 fully saturated rings. The number of rotatable bonds is 2. The molecule has 0 spiro atoms. The second-order valence-corrected chi connectivity index (χ2v) is 5.94. The summed E-state index contributed by atoms with van der Waals surface area (Å²) in [5.74, 6) is 0. The molecule has 0 saturated heterocycles. The number of nitrogens with zero attached hydrogens (tertiary/aromatic N) is 1.